The fraction of sp³-hybridized carbons (Fsp3) is 0.364. The van der Waals surface area contributed by atoms with Gasteiger partial charge in [-0.25, -0.2) is 0 Å². The standard InChI is InChI=1S/C22H26N2O3/c1-2-3-15-27-20-11-9-17(10-12-20)21(25)23-19-8-6-7-18(16-19)22(26)24-13-4-5-14-24/h6-12,16H,2-5,13-15H2,1H3,(H,23,25). The highest BCUT2D eigenvalue weighted by molar-refractivity contribution is 6.05. The molecule has 0 unspecified atom stereocenters. The van der Waals surface area contributed by atoms with Gasteiger partial charge in [0.05, 0.1) is 6.61 Å². The number of carbonyl (C=O) groups is 2. The monoisotopic (exact) mass is 366 g/mol. The van der Waals surface area contributed by atoms with Gasteiger partial charge in [0.2, 0.25) is 0 Å². The van der Waals surface area contributed by atoms with Gasteiger partial charge in [-0.15, -0.1) is 0 Å². The SMILES string of the molecule is CCCCOc1ccc(C(=O)Nc2cccc(C(=O)N3CCCC3)c2)cc1. The minimum atomic E-state index is -0.208. The summed E-state index contributed by atoms with van der Waals surface area (Å²) in [5, 5.41) is 2.87. The Labute approximate surface area is 160 Å². The van der Waals surface area contributed by atoms with E-state index >= 15 is 0 Å². The first kappa shape index (κ1) is 19.0. The van der Waals surface area contributed by atoms with Gasteiger partial charge in [0, 0.05) is 29.9 Å². The van der Waals surface area contributed by atoms with Gasteiger partial charge < -0.3 is 15.0 Å². The number of anilines is 1. The van der Waals surface area contributed by atoms with Crippen LogP contribution in [0.4, 0.5) is 5.69 Å². The molecule has 0 radical (unpaired) electrons. The number of nitrogens with zero attached hydrogens (tertiary/aromatic N) is 1. The van der Waals surface area contributed by atoms with Crippen molar-refractivity contribution in [2.24, 2.45) is 0 Å². The lowest BCUT2D eigenvalue weighted by molar-refractivity contribution is 0.0792. The number of rotatable bonds is 7. The van der Waals surface area contributed by atoms with Crippen molar-refractivity contribution in [2.75, 3.05) is 25.0 Å². The second-order valence-electron chi connectivity index (χ2n) is 6.76. The zero-order valence-corrected chi connectivity index (χ0v) is 15.7. The quantitative estimate of drug-likeness (QED) is 0.741. The minimum Gasteiger partial charge on any atom is -0.494 e. The van der Waals surface area contributed by atoms with Crippen LogP contribution in [-0.2, 0) is 0 Å². The molecule has 142 valence electrons. The van der Waals surface area contributed by atoms with Gasteiger partial charge >= 0.3 is 0 Å². The van der Waals surface area contributed by atoms with Crippen LogP contribution in [0.1, 0.15) is 53.3 Å². The largest absolute Gasteiger partial charge is 0.494 e. The summed E-state index contributed by atoms with van der Waals surface area (Å²) in [5.74, 6) is 0.580. The normalized spacial score (nSPS) is 13.4. The van der Waals surface area contributed by atoms with Crippen LogP contribution in [0.2, 0.25) is 0 Å². The fourth-order valence-electron chi connectivity index (χ4n) is 3.07. The van der Waals surface area contributed by atoms with Crippen molar-refractivity contribution >= 4 is 17.5 Å². The second kappa shape index (κ2) is 9.21. The third-order valence-corrected chi connectivity index (χ3v) is 4.64. The molecule has 5 heteroatoms. The third kappa shape index (κ3) is 5.09. The fourth-order valence-corrected chi connectivity index (χ4v) is 3.07. The summed E-state index contributed by atoms with van der Waals surface area (Å²) >= 11 is 0. The Bertz CT molecular complexity index is 780. The van der Waals surface area contributed by atoms with Crippen molar-refractivity contribution in [3.63, 3.8) is 0 Å². The molecule has 1 fully saturated rings. The Morgan fingerprint density at radius 2 is 1.78 bits per heavy atom. The maximum absolute atomic E-state index is 12.5. The summed E-state index contributed by atoms with van der Waals surface area (Å²) in [4.78, 5) is 26.8. The van der Waals surface area contributed by atoms with E-state index in [1.54, 1.807) is 48.5 Å². The number of ether oxygens (including phenoxy) is 1. The molecule has 3 rings (SSSR count). The number of hydrogen-bond acceptors (Lipinski definition) is 3. The van der Waals surface area contributed by atoms with Crippen LogP contribution in [-0.4, -0.2) is 36.4 Å². The Balaban J connectivity index is 1.62. The van der Waals surface area contributed by atoms with Gasteiger partial charge in [-0.3, -0.25) is 9.59 Å². The van der Waals surface area contributed by atoms with Crippen LogP contribution in [0.3, 0.4) is 0 Å². The van der Waals surface area contributed by atoms with Gasteiger partial charge in [0.25, 0.3) is 11.8 Å². The summed E-state index contributed by atoms with van der Waals surface area (Å²) in [5.41, 5.74) is 1.77. The molecule has 1 aliphatic rings. The molecule has 27 heavy (non-hydrogen) atoms. The third-order valence-electron chi connectivity index (χ3n) is 4.64. The molecule has 0 aromatic heterocycles. The van der Waals surface area contributed by atoms with Crippen LogP contribution in [0, 0.1) is 0 Å². The number of carbonyl (C=O) groups excluding carboxylic acids is 2. The van der Waals surface area contributed by atoms with Gasteiger partial charge in [0.15, 0.2) is 0 Å². The summed E-state index contributed by atoms with van der Waals surface area (Å²) in [6.45, 7) is 4.41. The predicted molar refractivity (Wildman–Crippen MR) is 106 cm³/mol. The first-order valence-corrected chi connectivity index (χ1v) is 9.61. The zero-order valence-electron chi connectivity index (χ0n) is 15.7. The number of hydrogen-bond donors (Lipinski definition) is 1. The van der Waals surface area contributed by atoms with Crippen LogP contribution >= 0.6 is 0 Å². The number of likely N-dealkylation sites (tertiary alicyclic amines) is 1. The van der Waals surface area contributed by atoms with E-state index in [-0.39, 0.29) is 11.8 Å². The van der Waals surface area contributed by atoms with Crippen molar-refractivity contribution in [3.8, 4) is 5.75 Å². The predicted octanol–water partition coefficient (Wildman–Crippen LogP) is 4.35. The van der Waals surface area contributed by atoms with Crippen LogP contribution < -0.4 is 10.1 Å². The van der Waals surface area contributed by atoms with Crippen LogP contribution in [0.25, 0.3) is 0 Å². The Hall–Kier alpha value is -2.82. The van der Waals surface area contributed by atoms with Crippen molar-refractivity contribution in [2.45, 2.75) is 32.6 Å². The zero-order chi connectivity index (χ0) is 19.1. The van der Waals surface area contributed by atoms with Gasteiger partial charge in [-0.1, -0.05) is 19.4 Å². The van der Waals surface area contributed by atoms with E-state index in [4.69, 9.17) is 4.74 Å². The minimum absolute atomic E-state index is 0.0252. The van der Waals surface area contributed by atoms with Gasteiger partial charge in [-0.2, -0.15) is 0 Å². The summed E-state index contributed by atoms with van der Waals surface area (Å²) in [7, 11) is 0. The molecular formula is C22H26N2O3. The number of nitrogens with one attached hydrogen (secondary N) is 1. The molecular weight excluding hydrogens is 340 g/mol. The molecule has 1 saturated heterocycles. The Morgan fingerprint density at radius 3 is 2.48 bits per heavy atom. The highest BCUT2D eigenvalue weighted by Gasteiger charge is 2.19. The maximum Gasteiger partial charge on any atom is 0.255 e. The summed E-state index contributed by atoms with van der Waals surface area (Å²) in [6, 6.07) is 14.2. The lowest BCUT2D eigenvalue weighted by atomic mass is 10.1. The highest BCUT2D eigenvalue weighted by atomic mass is 16.5. The van der Waals surface area contributed by atoms with Crippen molar-refractivity contribution in [1.82, 2.24) is 4.90 Å². The van der Waals surface area contributed by atoms with E-state index in [1.807, 2.05) is 4.90 Å². The average molecular weight is 366 g/mol. The molecule has 0 spiro atoms. The summed E-state index contributed by atoms with van der Waals surface area (Å²) < 4.78 is 5.62. The van der Waals surface area contributed by atoms with Crippen molar-refractivity contribution < 1.29 is 14.3 Å². The van der Waals surface area contributed by atoms with Crippen LogP contribution in [0.5, 0.6) is 5.75 Å². The van der Waals surface area contributed by atoms with E-state index in [0.717, 1.165) is 44.5 Å². The molecule has 2 amide bonds. The average Bonchev–Trinajstić information content (AvgIpc) is 3.23. The Kier molecular flexibility index (Phi) is 6.47. The van der Waals surface area contributed by atoms with E-state index in [0.29, 0.717) is 23.4 Å². The number of amides is 2. The Morgan fingerprint density at radius 1 is 1.04 bits per heavy atom. The molecule has 1 N–H and O–H groups in total. The number of benzene rings is 2. The lowest BCUT2D eigenvalue weighted by Gasteiger charge is -2.15. The molecule has 0 bridgehead atoms. The van der Waals surface area contributed by atoms with Crippen molar-refractivity contribution in [3.05, 3.63) is 59.7 Å². The number of unbranched alkanes of at least 4 members (excludes halogenated alkanes) is 1. The molecule has 1 heterocycles. The van der Waals surface area contributed by atoms with Crippen LogP contribution in [0.15, 0.2) is 48.5 Å². The molecule has 0 saturated carbocycles. The highest BCUT2D eigenvalue weighted by Crippen LogP contribution is 2.18. The van der Waals surface area contributed by atoms with Gasteiger partial charge in [-0.05, 0) is 61.7 Å². The maximum atomic E-state index is 12.5. The smallest absolute Gasteiger partial charge is 0.255 e. The van der Waals surface area contributed by atoms with E-state index in [1.165, 1.54) is 0 Å². The van der Waals surface area contributed by atoms with E-state index in [2.05, 4.69) is 12.2 Å². The van der Waals surface area contributed by atoms with E-state index < -0.39 is 0 Å². The molecule has 1 aliphatic heterocycles. The molecule has 5 nitrogen and oxygen atoms in total. The summed E-state index contributed by atoms with van der Waals surface area (Å²) in [6.07, 6.45) is 4.20. The van der Waals surface area contributed by atoms with E-state index in [9.17, 15) is 9.59 Å². The molecule has 0 atom stereocenters. The van der Waals surface area contributed by atoms with Crippen molar-refractivity contribution in [1.29, 1.82) is 0 Å². The molecule has 2 aromatic rings. The molecule has 0 aliphatic carbocycles. The topological polar surface area (TPSA) is 58.6 Å². The second-order valence-corrected chi connectivity index (χ2v) is 6.76. The van der Waals surface area contributed by atoms with Gasteiger partial charge in [0.1, 0.15) is 5.75 Å². The molecule has 2 aromatic carbocycles. The first-order chi connectivity index (χ1) is 13.2. The first-order valence-electron chi connectivity index (χ1n) is 9.61. The lowest BCUT2D eigenvalue weighted by Crippen LogP contribution is -2.27.